The summed E-state index contributed by atoms with van der Waals surface area (Å²) in [4.78, 5) is 25.2. The number of likely N-dealkylation sites (N-methyl/N-ethyl adjacent to an activating group) is 1. The Balaban J connectivity index is 3.00. The number of hydrogen-bond donors (Lipinski definition) is 2. The molecular formula is C14H21N3O3. The van der Waals surface area contributed by atoms with Crippen LogP contribution in [0, 0.1) is 0 Å². The number of ether oxygens (including phenoxy) is 1. The zero-order valence-corrected chi connectivity index (χ0v) is 12.3. The molecule has 0 aliphatic rings. The van der Waals surface area contributed by atoms with Crippen molar-refractivity contribution >= 4 is 23.3 Å². The predicted octanol–water partition coefficient (Wildman–Crippen LogP) is 1.02. The molecule has 0 atom stereocenters. The number of amides is 1. The largest absolute Gasteiger partial charge is 0.465 e. The third kappa shape index (κ3) is 3.88. The van der Waals surface area contributed by atoms with E-state index in [0.29, 0.717) is 16.9 Å². The first-order valence-corrected chi connectivity index (χ1v) is 6.34. The second-order valence-electron chi connectivity index (χ2n) is 4.81. The Morgan fingerprint density at radius 3 is 2.60 bits per heavy atom. The van der Waals surface area contributed by atoms with Gasteiger partial charge >= 0.3 is 5.97 Å². The molecule has 1 aromatic rings. The highest BCUT2D eigenvalue weighted by Gasteiger charge is 2.19. The highest BCUT2D eigenvalue weighted by atomic mass is 16.5. The maximum absolute atomic E-state index is 11.8. The van der Waals surface area contributed by atoms with E-state index in [9.17, 15) is 9.59 Å². The molecule has 0 spiro atoms. The third-order valence-electron chi connectivity index (χ3n) is 2.68. The molecule has 6 nitrogen and oxygen atoms in total. The SMILES string of the molecule is COC(=O)c1cccc(N)c1N(C)CC(=O)NC(C)C. The Hall–Kier alpha value is -2.24. The molecule has 6 heteroatoms. The molecular weight excluding hydrogens is 258 g/mol. The van der Waals surface area contributed by atoms with Crippen LogP contribution in [0.2, 0.25) is 0 Å². The van der Waals surface area contributed by atoms with Gasteiger partial charge in [0.15, 0.2) is 0 Å². The van der Waals surface area contributed by atoms with Crippen LogP contribution in [-0.4, -0.2) is 38.6 Å². The molecule has 3 N–H and O–H groups in total. The fourth-order valence-electron chi connectivity index (χ4n) is 1.92. The predicted molar refractivity (Wildman–Crippen MR) is 78.7 cm³/mol. The molecule has 0 heterocycles. The summed E-state index contributed by atoms with van der Waals surface area (Å²) in [6.07, 6.45) is 0. The Bertz CT molecular complexity index is 500. The van der Waals surface area contributed by atoms with E-state index in [0.717, 1.165) is 0 Å². The second-order valence-corrected chi connectivity index (χ2v) is 4.81. The van der Waals surface area contributed by atoms with Gasteiger partial charge in [0.1, 0.15) is 0 Å². The van der Waals surface area contributed by atoms with Gasteiger partial charge in [0.2, 0.25) is 5.91 Å². The van der Waals surface area contributed by atoms with Gasteiger partial charge in [0.05, 0.1) is 30.6 Å². The number of methoxy groups -OCH3 is 1. The number of para-hydroxylation sites is 1. The van der Waals surface area contributed by atoms with Crippen molar-refractivity contribution in [2.24, 2.45) is 0 Å². The lowest BCUT2D eigenvalue weighted by atomic mass is 10.1. The lowest BCUT2D eigenvalue weighted by Crippen LogP contribution is -2.39. The van der Waals surface area contributed by atoms with Crippen molar-refractivity contribution < 1.29 is 14.3 Å². The van der Waals surface area contributed by atoms with Crippen LogP contribution in [0.1, 0.15) is 24.2 Å². The van der Waals surface area contributed by atoms with Crippen molar-refractivity contribution in [2.45, 2.75) is 19.9 Å². The first kappa shape index (κ1) is 15.8. The standard InChI is InChI=1S/C14H21N3O3/c1-9(2)16-12(18)8-17(3)13-10(14(19)20-4)6-5-7-11(13)15/h5-7,9H,8,15H2,1-4H3,(H,16,18). The maximum Gasteiger partial charge on any atom is 0.340 e. The third-order valence-corrected chi connectivity index (χ3v) is 2.68. The number of anilines is 2. The molecule has 0 bridgehead atoms. The molecule has 0 unspecified atom stereocenters. The topological polar surface area (TPSA) is 84.7 Å². The number of hydrogen-bond acceptors (Lipinski definition) is 5. The van der Waals surface area contributed by atoms with Gasteiger partial charge in [-0.05, 0) is 26.0 Å². The van der Waals surface area contributed by atoms with E-state index < -0.39 is 5.97 Å². The average Bonchev–Trinajstić information content (AvgIpc) is 2.36. The van der Waals surface area contributed by atoms with Gasteiger partial charge in [-0.3, -0.25) is 4.79 Å². The van der Waals surface area contributed by atoms with Crippen LogP contribution in [0.3, 0.4) is 0 Å². The number of carbonyl (C=O) groups is 2. The molecule has 110 valence electrons. The lowest BCUT2D eigenvalue weighted by molar-refractivity contribution is -0.120. The van der Waals surface area contributed by atoms with Crippen LogP contribution in [-0.2, 0) is 9.53 Å². The number of benzene rings is 1. The van der Waals surface area contributed by atoms with E-state index in [1.54, 1.807) is 30.1 Å². The summed E-state index contributed by atoms with van der Waals surface area (Å²) in [5, 5.41) is 2.79. The molecule has 0 saturated heterocycles. The smallest absolute Gasteiger partial charge is 0.340 e. The van der Waals surface area contributed by atoms with E-state index in [1.165, 1.54) is 7.11 Å². The normalized spacial score (nSPS) is 10.2. The monoisotopic (exact) mass is 279 g/mol. The minimum absolute atomic E-state index is 0.0593. The zero-order chi connectivity index (χ0) is 15.3. The van der Waals surface area contributed by atoms with Crippen molar-refractivity contribution in [1.29, 1.82) is 0 Å². The molecule has 1 aromatic carbocycles. The second kappa shape index (κ2) is 6.79. The van der Waals surface area contributed by atoms with Gasteiger partial charge in [0.25, 0.3) is 0 Å². The summed E-state index contributed by atoms with van der Waals surface area (Å²) < 4.78 is 4.73. The highest BCUT2D eigenvalue weighted by Crippen LogP contribution is 2.27. The molecule has 0 saturated carbocycles. The Labute approximate surface area is 118 Å². The first-order chi connectivity index (χ1) is 9.36. The van der Waals surface area contributed by atoms with Gasteiger partial charge < -0.3 is 20.7 Å². The summed E-state index contributed by atoms with van der Waals surface area (Å²) in [6, 6.07) is 5.03. The van der Waals surface area contributed by atoms with Gasteiger partial charge in [0, 0.05) is 13.1 Å². The average molecular weight is 279 g/mol. The fraction of sp³-hybridized carbons (Fsp3) is 0.429. The maximum atomic E-state index is 11.8. The quantitative estimate of drug-likeness (QED) is 0.621. The van der Waals surface area contributed by atoms with E-state index in [4.69, 9.17) is 10.5 Å². The van der Waals surface area contributed by atoms with Gasteiger partial charge in [-0.15, -0.1) is 0 Å². The van der Waals surface area contributed by atoms with Crippen LogP contribution in [0.4, 0.5) is 11.4 Å². The van der Waals surface area contributed by atoms with Crippen LogP contribution < -0.4 is 16.0 Å². The Morgan fingerprint density at radius 1 is 1.40 bits per heavy atom. The Kier molecular flexibility index (Phi) is 5.37. The Morgan fingerprint density at radius 2 is 2.05 bits per heavy atom. The molecule has 0 aromatic heterocycles. The molecule has 20 heavy (non-hydrogen) atoms. The van der Waals surface area contributed by atoms with E-state index in [1.807, 2.05) is 13.8 Å². The molecule has 0 radical (unpaired) electrons. The lowest BCUT2D eigenvalue weighted by Gasteiger charge is -2.23. The van der Waals surface area contributed by atoms with Crippen LogP contribution in [0.5, 0.6) is 0 Å². The highest BCUT2D eigenvalue weighted by molar-refractivity contribution is 5.99. The van der Waals surface area contributed by atoms with Gasteiger partial charge in [-0.2, -0.15) is 0 Å². The molecule has 1 amide bonds. The van der Waals surface area contributed by atoms with Crippen molar-refractivity contribution in [3.05, 3.63) is 23.8 Å². The van der Waals surface area contributed by atoms with E-state index >= 15 is 0 Å². The molecule has 0 fully saturated rings. The summed E-state index contributed by atoms with van der Waals surface area (Å²) in [5.74, 6) is -0.620. The first-order valence-electron chi connectivity index (χ1n) is 6.34. The molecule has 0 aliphatic carbocycles. The number of nitrogens with zero attached hydrogens (tertiary/aromatic N) is 1. The van der Waals surface area contributed by atoms with E-state index in [-0.39, 0.29) is 18.5 Å². The number of nitrogens with two attached hydrogens (primary N) is 1. The number of rotatable bonds is 5. The summed E-state index contributed by atoms with van der Waals surface area (Å²) in [7, 11) is 3.01. The number of nitrogen functional groups attached to an aromatic ring is 1. The summed E-state index contributed by atoms with van der Waals surface area (Å²) >= 11 is 0. The van der Waals surface area contributed by atoms with Crippen LogP contribution in [0.25, 0.3) is 0 Å². The number of esters is 1. The van der Waals surface area contributed by atoms with Crippen molar-refractivity contribution in [3.63, 3.8) is 0 Å². The van der Waals surface area contributed by atoms with Crippen LogP contribution >= 0.6 is 0 Å². The van der Waals surface area contributed by atoms with Gasteiger partial charge in [-0.25, -0.2) is 4.79 Å². The molecule has 0 aliphatic heterocycles. The van der Waals surface area contributed by atoms with Crippen molar-refractivity contribution in [1.82, 2.24) is 5.32 Å². The summed E-state index contributed by atoms with van der Waals surface area (Å²) in [5.41, 5.74) is 7.17. The fourth-order valence-corrected chi connectivity index (χ4v) is 1.92. The van der Waals surface area contributed by atoms with Gasteiger partial charge in [-0.1, -0.05) is 6.07 Å². The van der Waals surface area contributed by atoms with Crippen molar-refractivity contribution in [3.8, 4) is 0 Å². The minimum atomic E-state index is -0.483. The minimum Gasteiger partial charge on any atom is -0.465 e. The summed E-state index contributed by atoms with van der Waals surface area (Å²) in [6.45, 7) is 3.87. The van der Waals surface area contributed by atoms with E-state index in [2.05, 4.69) is 5.32 Å². The number of carbonyl (C=O) groups excluding carboxylic acids is 2. The number of nitrogens with one attached hydrogen (secondary N) is 1. The van der Waals surface area contributed by atoms with Crippen molar-refractivity contribution in [2.75, 3.05) is 31.3 Å². The molecule has 1 rings (SSSR count). The zero-order valence-electron chi connectivity index (χ0n) is 12.3. The van der Waals surface area contributed by atoms with Crippen LogP contribution in [0.15, 0.2) is 18.2 Å².